The van der Waals surface area contributed by atoms with Gasteiger partial charge in [0, 0.05) is 19.7 Å². The summed E-state index contributed by atoms with van der Waals surface area (Å²) in [6.45, 7) is 4.53. The molecule has 0 saturated heterocycles. The van der Waals surface area contributed by atoms with Crippen molar-refractivity contribution in [3.05, 3.63) is 35.7 Å². The molecule has 1 aromatic carbocycles. The Morgan fingerprint density at radius 3 is 2.96 bits per heavy atom. The molecule has 2 aromatic heterocycles. The molecule has 0 saturated carbocycles. The maximum absolute atomic E-state index is 12.2. The molecule has 3 aromatic rings. The number of rotatable bonds is 6. The number of amides is 1. The summed E-state index contributed by atoms with van der Waals surface area (Å²) in [5.74, 6) is 0.779. The Labute approximate surface area is 144 Å². The van der Waals surface area contributed by atoms with Crippen LogP contribution in [0.15, 0.2) is 24.4 Å². The molecule has 0 aliphatic heterocycles. The highest BCUT2D eigenvalue weighted by molar-refractivity contribution is 7.22. The first-order valence-electron chi connectivity index (χ1n) is 7.87. The number of ether oxygens (including phenoxy) is 1. The lowest BCUT2D eigenvalue weighted by molar-refractivity contribution is -0.116. The number of fused-ring (bicyclic) bond motifs is 1. The van der Waals surface area contributed by atoms with Crippen molar-refractivity contribution in [1.82, 2.24) is 14.8 Å². The van der Waals surface area contributed by atoms with E-state index in [2.05, 4.69) is 15.4 Å². The van der Waals surface area contributed by atoms with Crippen molar-refractivity contribution in [1.29, 1.82) is 0 Å². The second kappa shape index (κ2) is 7.00. The van der Waals surface area contributed by atoms with Crippen LogP contribution in [-0.4, -0.2) is 27.3 Å². The molecule has 126 valence electrons. The van der Waals surface area contributed by atoms with Gasteiger partial charge in [-0.05, 0) is 44.0 Å². The zero-order valence-electron chi connectivity index (χ0n) is 14.0. The van der Waals surface area contributed by atoms with Crippen LogP contribution in [0.25, 0.3) is 10.2 Å². The molecule has 6 nitrogen and oxygen atoms in total. The minimum Gasteiger partial charge on any atom is -0.494 e. The van der Waals surface area contributed by atoms with Gasteiger partial charge >= 0.3 is 0 Å². The van der Waals surface area contributed by atoms with Crippen LogP contribution >= 0.6 is 11.3 Å². The second-order valence-corrected chi connectivity index (χ2v) is 6.57. The molecule has 2 heterocycles. The van der Waals surface area contributed by atoms with E-state index in [0.29, 0.717) is 24.6 Å². The molecule has 0 atom stereocenters. The second-order valence-electron chi connectivity index (χ2n) is 5.54. The van der Waals surface area contributed by atoms with Gasteiger partial charge in [-0.15, -0.1) is 0 Å². The minimum atomic E-state index is -0.0395. The largest absolute Gasteiger partial charge is 0.494 e. The van der Waals surface area contributed by atoms with E-state index in [-0.39, 0.29) is 5.91 Å². The Hall–Kier alpha value is -2.41. The topological polar surface area (TPSA) is 69.0 Å². The van der Waals surface area contributed by atoms with E-state index in [4.69, 9.17) is 4.74 Å². The van der Waals surface area contributed by atoms with Crippen LogP contribution in [0.1, 0.15) is 24.6 Å². The van der Waals surface area contributed by atoms with Crippen molar-refractivity contribution < 1.29 is 9.53 Å². The lowest BCUT2D eigenvalue weighted by atomic mass is 10.1. The summed E-state index contributed by atoms with van der Waals surface area (Å²) in [5.41, 5.74) is 2.92. The number of anilines is 1. The van der Waals surface area contributed by atoms with E-state index in [1.165, 1.54) is 11.3 Å². The van der Waals surface area contributed by atoms with Crippen LogP contribution in [0, 0.1) is 6.92 Å². The average Bonchev–Trinajstić information content (AvgIpc) is 3.07. The third kappa shape index (κ3) is 3.73. The first kappa shape index (κ1) is 16.4. The van der Waals surface area contributed by atoms with Crippen molar-refractivity contribution in [3.8, 4) is 5.75 Å². The number of aryl methyl sites for hydroxylation is 3. The summed E-state index contributed by atoms with van der Waals surface area (Å²) in [7, 11) is 1.88. The van der Waals surface area contributed by atoms with E-state index >= 15 is 0 Å². The Morgan fingerprint density at radius 1 is 1.42 bits per heavy atom. The van der Waals surface area contributed by atoms with Crippen LogP contribution in [0.3, 0.4) is 0 Å². The zero-order chi connectivity index (χ0) is 17.1. The van der Waals surface area contributed by atoms with Crippen molar-refractivity contribution in [3.63, 3.8) is 0 Å². The van der Waals surface area contributed by atoms with Gasteiger partial charge < -0.3 is 10.1 Å². The quantitative estimate of drug-likeness (QED) is 0.745. The summed E-state index contributed by atoms with van der Waals surface area (Å²) in [4.78, 5) is 16.6. The Balaban J connectivity index is 1.63. The lowest BCUT2D eigenvalue weighted by Crippen LogP contribution is -2.12. The first-order chi connectivity index (χ1) is 11.5. The number of hydrogen-bond acceptors (Lipinski definition) is 5. The molecule has 7 heteroatoms. The molecule has 0 spiro atoms. The lowest BCUT2D eigenvalue weighted by Gasteiger charge is -2.00. The molecule has 0 unspecified atom stereocenters. The number of hydrogen-bond donors (Lipinski definition) is 1. The average molecular weight is 344 g/mol. The first-order valence-corrected chi connectivity index (χ1v) is 8.69. The Kier molecular flexibility index (Phi) is 4.80. The maximum Gasteiger partial charge on any atom is 0.226 e. The smallest absolute Gasteiger partial charge is 0.226 e. The summed E-state index contributed by atoms with van der Waals surface area (Å²) in [6, 6.07) is 5.75. The summed E-state index contributed by atoms with van der Waals surface area (Å²) in [5, 5.41) is 7.78. The van der Waals surface area contributed by atoms with Crippen LogP contribution in [0.4, 0.5) is 5.13 Å². The van der Waals surface area contributed by atoms with Crippen molar-refractivity contribution in [2.45, 2.75) is 26.7 Å². The van der Waals surface area contributed by atoms with Crippen LogP contribution in [-0.2, 0) is 18.3 Å². The fourth-order valence-corrected chi connectivity index (χ4v) is 3.45. The molecule has 24 heavy (non-hydrogen) atoms. The number of nitrogens with one attached hydrogen (secondary N) is 1. The predicted molar refractivity (Wildman–Crippen MR) is 95.7 cm³/mol. The van der Waals surface area contributed by atoms with E-state index < -0.39 is 0 Å². The van der Waals surface area contributed by atoms with Gasteiger partial charge in [-0.3, -0.25) is 9.48 Å². The number of thiazole rings is 1. The SMILES string of the molecule is CCOc1ccc2nc(NC(=O)CCc3cn(C)nc3C)sc2c1. The number of aromatic nitrogens is 3. The fraction of sp³-hybridized carbons (Fsp3) is 0.353. The molecular weight excluding hydrogens is 324 g/mol. The Bertz CT molecular complexity index is 869. The van der Waals surface area contributed by atoms with Gasteiger partial charge in [0.25, 0.3) is 0 Å². The zero-order valence-corrected chi connectivity index (χ0v) is 14.8. The third-order valence-corrected chi connectivity index (χ3v) is 4.59. The molecule has 0 aliphatic carbocycles. The normalized spacial score (nSPS) is 11.0. The number of benzene rings is 1. The highest BCUT2D eigenvalue weighted by Crippen LogP contribution is 2.29. The monoisotopic (exact) mass is 344 g/mol. The van der Waals surface area contributed by atoms with E-state index in [9.17, 15) is 4.79 Å². The number of nitrogens with zero attached hydrogens (tertiary/aromatic N) is 3. The van der Waals surface area contributed by atoms with E-state index in [1.807, 2.05) is 45.3 Å². The van der Waals surface area contributed by atoms with Crippen LogP contribution in [0.2, 0.25) is 0 Å². The molecule has 1 N–H and O–H groups in total. The molecular formula is C17H20N4O2S. The summed E-state index contributed by atoms with van der Waals surface area (Å²) >= 11 is 1.46. The summed E-state index contributed by atoms with van der Waals surface area (Å²) < 4.78 is 8.26. The molecule has 0 fully saturated rings. The van der Waals surface area contributed by atoms with Gasteiger partial charge in [-0.2, -0.15) is 5.10 Å². The summed E-state index contributed by atoms with van der Waals surface area (Å²) in [6.07, 6.45) is 3.03. The fourth-order valence-electron chi connectivity index (χ4n) is 2.54. The van der Waals surface area contributed by atoms with Gasteiger partial charge in [0.1, 0.15) is 5.75 Å². The van der Waals surface area contributed by atoms with Gasteiger partial charge in [-0.25, -0.2) is 4.98 Å². The highest BCUT2D eigenvalue weighted by atomic mass is 32.1. The Morgan fingerprint density at radius 2 is 2.25 bits per heavy atom. The van der Waals surface area contributed by atoms with Gasteiger partial charge in [0.2, 0.25) is 5.91 Å². The van der Waals surface area contributed by atoms with E-state index in [0.717, 1.165) is 27.2 Å². The molecule has 1 amide bonds. The number of carbonyl (C=O) groups excluding carboxylic acids is 1. The van der Waals surface area contributed by atoms with Crippen molar-refractivity contribution in [2.24, 2.45) is 7.05 Å². The molecule has 0 aliphatic rings. The molecule has 3 rings (SSSR count). The van der Waals surface area contributed by atoms with Crippen LogP contribution < -0.4 is 10.1 Å². The number of carbonyl (C=O) groups is 1. The minimum absolute atomic E-state index is 0.0395. The van der Waals surface area contributed by atoms with Crippen LogP contribution in [0.5, 0.6) is 5.75 Å². The van der Waals surface area contributed by atoms with Gasteiger partial charge in [-0.1, -0.05) is 11.3 Å². The molecule has 0 radical (unpaired) electrons. The predicted octanol–water partition coefficient (Wildman–Crippen LogP) is 3.31. The van der Waals surface area contributed by atoms with Gasteiger partial charge in [0.15, 0.2) is 5.13 Å². The maximum atomic E-state index is 12.2. The highest BCUT2D eigenvalue weighted by Gasteiger charge is 2.10. The van der Waals surface area contributed by atoms with Crippen molar-refractivity contribution in [2.75, 3.05) is 11.9 Å². The standard InChI is InChI=1S/C17H20N4O2S/c1-4-23-13-6-7-14-15(9-13)24-17(18-14)19-16(22)8-5-12-10-21(3)20-11(12)2/h6-7,9-10H,4-5,8H2,1-3H3,(H,18,19,22). The van der Waals surface area contributed by atoms with Crippen molar-refractivity contribution >= 4 is 32.6 Å². The molecule has 0 bridgehead atoms. The van der Waals surface area contributed by atoms with E-state index in [1.54, 1.807) is 4.68 Å². The third-order valence-electron chi connectivity index (χ3n) is 3.65. The van der Waals surface area contributed by atoms with Gasteiger partial charge in [0.05, 0.1) is 22.5 Å².